The maximum absolute atomic E-state index is 13.0. The van der Waals surface area contributed by atoms with E-state index in [2.05, 4.69) is 5.10 Å². The quantitative estimate of drug-likeness (QED) is 0.878. The van der Waals surface area contributed by atoms with Crippen molar-refractivity contribution in [3.05, 3.63) is 47.8 Å². The lowest BCUT2D eigenvalue weighted by molar-refractivity contribution is -0.142. The van der Waals surface area contributed by atoms with Crippen molar-refractivity contribution < 1.29 is 18.0 Å². The molecule has 0 aliphatic carbocycles. The predicted octanol–water partition coefficient (Wildman–Crippen LogP) is 3.12. The zero-order chi connectivity index (χ0) is 18.2. The Morgan fingerprint density at radius 3 is 2.69 bits per heavy atom. The number of benzene rings is 1. The number of halogens is 4. The van der Waals surface area contributed by atoms with Gasteiger partial charge in [0.2, 0.25) is 0 Å². The molecule has 3 rings (SSSR count). The maximum Gasteiger partial charge on any atom is 0.433 e. The number of nitrogens with two attached hydrogens (primary N) is 1. The van der Waals surface area contributed by atoms with Gasteiger partial charge in [-0.1, -0.05) is 13.0 Å². The first kappa shape index (κ1) is 20.3. The number of alkyl halides is 3. The summed E-state index contributed by atoms with van der Waals surface area (Å²) in [7, 11) is 0. The van der Waals surface area contributed by atoms with E-state index in [0.717, 1.165) is 23.4 Å². The average Bonchev–Trinajstić information content (AvgIpc) is 3.21. The molecule has 2 N–H and O–H groups in total. The molecule has 2 heterocycles. The van der Waals surface area contributed by atoms with Gasteiger partial charge in [0, 0.05) is 18.7 Å². The van der Waals surface area contributed by atoms with Gasteiger partial charge in [0.1, 0.15) is 5.69 Å². The monoisotopic (exact) mass is 388 g/mol. The Morgan fingerprint density at radius 2 is 2.08 bits per heavy atom. The molecule has 142 valence electrons. The standard InChI is InChI=1S/C17H19F3N4O.ClH/c1-16(10-21)6-8-23(11-16)15(25)12-3-2-4-13(9-12)24-14(5-7-22-24)17(18,19)20;/h2-5,7,9H,6,8,10-11,21H2,1H3;1H. The van der Waals surface area contributed by atoms with Crippen molar-refractivity contribution in [1.82, 2.24) is 14.7 Å². The van der Waals surface area contributed by atoms with E-state index in [1.54, 1.807) is 17.0 Å². The minimum Gasteiger partial charge on any atom is -0.338 e. The maximum atomic E-state index is 13.0. The molecule has 1 aliphatic rings. The molecule has 1 fully saturated rings. The average molecular weight is 389 g/mol. The third-order valence-electron chi connectivity index (χ3n) is 4.61. The van der Waals surface area contributed by atoms with Gasteiger partial charge in [-0.05, 0) is 42.6 Å². The number of hydrogen-bond acceptors (Lipinski definition) is 3. The van der Waals surface area contributed by atoms with Gasteiger partial charge in [0.05, 0.1) is 11.9 Å². The summed E-state index contributed by atoms with van der Waals surface area (Å²) in [5.74, 6) is -0.209. The van der Waals surface area contributed by atoms with Crippen LogP contribution < -0.4 is 5.73 Å². The third-order valence-corrected chi connectivity index (χ3v) is 4.61. The summed E-state index contributed by atoms with van der Waals surface area (Å²) in [4.78, 5) is 14.4. The number of carbonyl (C=O) groups excluding carboxylic acids is 1. The molecular weight excluding hydrogens is 369 g/mol. The largest absolute Gasteiger partial charge is 0.433 e. The van der Waals surface area contributed by atoms with Crippen molar-refractivity contribution in [3.63, 3.8) is 0 Å². The highest BCUT2D eigenvalue weighted by atomic mass is 35.5. The molecule has 1 aromatic carbocycles. The van der Waals surface area contributed by atoms with E-state index in [1.807, 2.05) is 6.92 Å². The molecule has 0 bridgehead atoms. The summed E-state index contributed by atoms with van der Waals surface area (Å²) < 4.78 is 39.9. The molecular formula is C17H20ClF3N4O. The van der Waals surface area contributed by atoms with Crippen molar-refractivity contribution in [2.75, 3.05) is 19.6 Å². The Morgan fingerprint density at radius 1 is 1.35 bits per heavy atom. The molecule has 1 aliphatic heterocycles. The lowest BCUT2D eigenvalue weighted by atomic mass is 9.90. The first-order valence-corrected chi connectivity index (χ1v) is 7.94. The molecule has 1 unspecified atom stereocenters. The zero-order valence-electron chi connectivity index (χ0n) is 14.2. The summed E-state index contributed by atoms with van der Waals surface area (Å²) in [6.07, 6.45) is -2.62. The van der Waals surface area contributed by atoms with Gasteiger partial charge < -0.3 is 10.6 Å². The van der Waals surface area contributed by atoms with Crippen LogP contribution in [0.1, 0.15) is 29.4 Å². The van der Waals surface area contributed by atoms with Crippen molar-refractivity contribution in [2.45, 2.75) is 19.5 Å². The van der Waals surface area contributed by atoms with Crippen LogP contribution in [-0.4, -0.2) is 40.2 Å². The van der Waals surface area contributed by atoms with Gasteiger partial charge >= 0.3 is 6.18 Å². The van der Waals surface area contributed by atoms with Crippen LogP contribution in [0.2, 0.25) is 0 Å². The van der Waals surface area contributed by atoms with Crippen LogP contribution in [0, 0.1) is 5.41 Å². The van der Waals surface area contributed by atoms with Gasteiger partial charge in [0.25, 0.3) is 5.91 Å². The highest BCUT2D eigenvalue weighted by molar-refractivity contribution is 5.95. The van der Waals surface area contributed by atoms with Crippen LogP contribution in [-0.2, 0) is 6.18 Å². The molecule has 0 spiro atoms. The third kappa shape index (κ3) is 3.86. The Bertz CT molecular complexity index is 792. The fourth-order valence-corrected chi connectivity index (χ4v) is 3.04. The van der Waals surface area contributed by atoms with Crippen molar-refractivity contribution in [2.24, 2.45) is 11.1 Å². The number of carbonyl (C=O) groups is 1. The minimum absolute atomic E-state index is 0. The van der Waals surface area contributed by atoms with Gasteiger partial charge in [0.15, 0.2) is 0 Å². The highest BCUT2D eigenvalue weighted by Gasteiger charge is 2.36. The van der Waals surface area contributed by atoms with Crippen LogP contribution in [0.5, 0.6) is 0 Å². The molecule has 1 aromatic heterocycles. The van der Waals surface area contributed by atoms with Gasteiger partial charge in [-0.25, -0.2) is 4.68 Å². The molecule has 0 saturated carbocycles. The highest BCUT2D eigenvalue weighted by Crippen LogP contribution is 2.32. The van der Waals surface area contributed by atoms with E-state index in [1.165, 1.54) is 12.1 Å². The van der Waals surface area contributed by atoms with Crippen molar-refractivity contribution >= 4 is 18.3 Å². The second-order valence-corrected chi connectivity index (χ2v) is 6.67. The first-order valence-electron chi connectivity index (χ1n) is 7.94. The summed E-state index contributed by atoms with van der Waals surface area (Å²) in [6.45, 7) is 3.64. The van der Waals surface area contributed by atoms with E-state index in [0.29, 0.717) is 25.2 Å². The smallest absolute Gasteiger partial charge is 0.338 e. The number of amides is 1. The zero-order valence-corrected chi connectivity index (χ0v) is 15.0. The van der Waals surface area contributed by atoms with Crippen molar-refractivity contribution in [1.29, 1.82) is 0 Å². The van der Waals surface area contributed by atoms with Gasteiger partial charge in [-0.3, -0.25) is 4.79 Å². The van der Waals surface area contributed by atoms with Crippen LogP contribution in [0.4, 0.5) is 13.2 Å². The van der Waals surface area contributed by atoms with Crippen molar-refractivity contribution in [3.8, 4) is 5.69 Å². The number of hydrogen-bond donors (Lipinski definition) is 1. The Balaban J connectivity index is 0.00000243. The second kappa shape index (κ2) is 7.28. The van der Waals surface area contributed by atoms with Gasteiger partial charge in [-0.2, -0.15) is 18.3 Å². The lowest BCUT2D eigenvalue weighted by Gasteiger charge is -2.22. The summed E-state index contributed by atoms with van der Waals surface area (Å²) in [5.41, 5.74) is 5.30. The molecule has 9 heteroatoms. The molecule has 5 nitrogen and oxygen atoms in total. The van der Waals surface area contributed by atoms with Crippen LogP contribution in [0.15, 0.2) is 36.5 Å². The van der Waals surface area contributed by atoms with E-state index < -0.39 is 11.9 Å². The summed E-state index contributed by atoms with van der Waals surface area (Å²) >= 11 is 0. The topological polar surface area (TPSA) is 64.2 Å². The number of nitrogens with zero attached hydrogens (tertiary/aromatic N) is 3. The minimum atomic E-state index is -4.52. The summed E-state index contributed by atoms with van der Waals surface area (Å²) in [6, 6.07) is 6.99. The number of rotatable bonds is 3. The number of likely N-dealkylation sites (tertiary alicyclic amines) is 1. The Kier molecular flexibility index (Phi) is 5.67. The van der Waals surface area contributed by atoms with E-state index in [-0.39, 0.29) is 29.4 Å². The van der Waals surface area contributed by atoms with Crippen LogP contribution in [0.25, 0.3) is 5.69 Å². The van der Waals surface area contributed by atoms with E-state index >= 15 is 0 Å². The Labute approximate surface area is 155 Å². The molecule has 0 radical (unpaired) electrons. The summed E-state index contributed by atoms with van der Waals surface area (Å²) in [5, 5.41) is 3.74. The van der Waals surface area contributed by atoms with E-state index in [9.17, 15) is 18.0 Å². The predicted molar refractivity (Wildman–Crippen MR) is 93.5 cm³/mol. The van der Waals surface area contributed by atoms with Crippen LogP contribution in [0.3, 0.4) is 0 Å². The molecule has 1 saturated heterocycles. The molecule has 2 aromatic rings. The molecule has 1 amide bonds. The van der Waals surface area contributed by atoms with Gasteiger partial charge in [-0.15, -0.1) is 12.4 Å². The normalized spacial score (nSPS) is 20.1. The SMILES string of the molecule is CC1(CN)CCN(C(=O)c2cccc(-n3nccc3C(F)(F)F)c2)C1.Cl. The fourth-order valence-electron chi connectivity index (χ4n) is 3.04. The van der Waals surface area contributed by atoms with Crippen LogP contribution >= 0.6 is 12.4 Å². The Hall–Kier alpha value is -2.06. The van der Waals surface area contributed by atoms with E-state index in [4.69, 9.17) is 5.73 Å². The second-order valence-electron chi connectivity index (χ2n) is 6.67. The number of aromatic nitrogens is 2. The lowest BCUT2D eigenvalue weighted by Crippen LogP contribution is -2.34. The molecule has 26 heavy (non-hydrogen) atoms. The molecule has 1 atom stereocenters. The fraction of sp³-hybridized carbons (Fsp3) is 0.412. The first-order chi connectivity index (χ1) is 11.7.